The molecule has 0 saturated carbocycles. The number of Topliss-reactive ketones (excluding diaryl/α,β-unsaturated/α-hetero) is 1. The lowest BCUT2D eigenvalue weighted by Gasteiger charge is -2.40. The van der Waals surface area contributed by atoms with Crippen molar-refractivity contribution >= 4 is 17.2 Å². The second-order valence-electron chi connectivity index (χ2n) is 7.77. The summed E-state index contributed by atoms with van der Waals surface area (Å²) < 4.78 is 23.8. The number of rotatable bonds is 16. The fourth-order valence-electron chi connectivity index (χ4n) is 3.94. The fourth-order valence-corrected chi connectivity index (χ4v) is 3.94. The minimum Gasteiger partial charge on any atom is -0.343 e. The molecule has 0 heterocycles. The van der Waals surface area contributed by atoms with Gasteiger partial charge in [-0.2, -0.15) is 0 Å². The lowest BCUT2D eigenvalue weighted by atomic mass is 9.91. The molecule has 0 aliphatic rings. The molecule has 2 aromatic rings. The van der Waals surface area contributed by atoms with Crippen molar-refractivity contribution in [1.82, 2.24) is 0 Å². The van der Waals surface area contributed by atoms with E-state index < -0.39 is 27.2 Å². The zero-order valence-corrected chi connectivity index (χ0v) is 20.9. The Morgan fingerprint density at radius 1 is 0.639 bits per heavy atom. The Morgan fingerprint density at radius 2 is 0.917 bits per heavy atom. The summed E-state index contributed by atoms with van der Waals surface area (Å²) in [5.74, 6) is -4.24. The van der Waals surface area contributed by atoms with E-state index in [9.17, 15) is 25.0 Å². The zero-order chi connectivity index (χ0) is 26.8. The van der Waals surface area contributed by atoms with Gasteiger partial charge in [0.1, 0.15) is 0 Å². The lowest BCUT2D eigenvalue weighted by molar-refractivity contribution is -0.385. The number of ketones is 1. The van der Waals surface area contributed by atoms with Gasteiger partial charge in [0.15, 0.2) is 0 Å². The third kappa shape index (κ3) is 6.91. The number of nitro groups is 2. The maximum absolute atomic E-state index is 14.3. The summed E-state index contributed by atoms with van der Waals surface area (Å²) in [4.78, 5) is 35.4. The van der Waals surface area contributed by atoms with Crippen LogP contribution in [0.15, 0.2) is 48.5 Å². The first kappa shape index (κ1) is 29.0. The molecule has 0 aromatic heterocycles. The molecule has 0 saturated heterocycles. The molecule has 0 aliphatic heterocycles. The second kappa shape index (κ2) is 13.2. The third-order valence-corrected chi connectivity index (χ3v) is 5.37. The van der Waals surface area contributed by atoms with Crippen molar-refractivity contribution in [2.24, 2.45) is 0 Å². The molecule has 196 valence electrons. The maximum atomic E-state index is 14.3. The van der Waals surface area contributed by atoms with Crippen LogP contribution in [0.25, 0.3) is 0 Å². The molecule has 0 aliphatic carbocycles. The quantitative estimate of drug-likeness (QED) is 0.185. The van der Waals surface area contributed by atoms with Gasteiger partial charge in [-0.05, 0) is 38.8 Å². The Bertz CT molecular complexity index is 929. The lowest BCUT2D eigenvalue weighted by Crippen LogP contribution is -2.60. The van der Waals surface area contributed by atoms with E-state index in [1.807, 2.05) is 0 Å². The van der Waals surface area contributed by atoms with Gasteiger partial charge in [0, 0.05) is 63.5 Å². The Hall–Kier alpha value is -3.25. The van der Waals surface area contributed by atoms with E-state index >= 15 is 0 Å². The first-order valence-corrected chi connectivity index (χ1v) is 11.7. The average molecular weight is 505 g/mol. The van der Waals surface area contributed by atoms with E-state index in [4.69, 9.17) is 18.9 Å². The molecule has 11 heteroatoms. The number of ether oxygens (including phenoxy) is 4. The van der Waals surface area contributed by atoms with Crippen LogP contribution >= 0.6 is 0 Å². The highest BCUT2D eigenvalue weighted by Crippen LogP contribution is 2.33. The highest BCUT2D eigenvalue weighted by Gasteiger charge is 2.54. The van der Waals surface area contributed by atoms with Crippen molar-refractivity contribution in [3.05, 3.63) is 79.9 Å². The van der Waals surface area contributed by atoms with E-state index in [1.54, 1.807) is 27.7 Å². The largest absolute Gasteiger partial charge is 0.343 e. The number of hydrogen-bond acceptors (Lipinski definition) is 9. The summed E-state index contributed by atoms with van der Waals surface area (Å²) in [5.41, 5.74) is 0.987. The predicted octanol–water partition coefficient (Wildman–Crippen LogP) is 4.40. The Kier molecular flexibility index (Phi) is 10.6. The van der Waals surface area contributed by atoms with E-state index in [2.05, 4.69) is 0 Å². The fraction of sp³-hybridized carbons (Fsp3) is 0.480. The molecule has 0 radical (unpaired) electrons. The number of carbonyl (C=O) groups is 1. The smallest absolute Gasteiger partial charge is 0.269 e. The molecule has 0 unspecified atom stereocenters. The van der Waals surface area contributed by atoms with Crippen LogP contribution in [0.5, 0.6) is 0 Å². The molecule has 0 N–H and O–H groups in total. The van der Waals surface area contributed by atoms with Crippen molar-refractivity contribution < 1.29 is 33.6 Å². The van der Waals surface area contributed by atoms with Crippen molar-refractivity contribution in [2.75, 3.05) is 26.4 Å². The van der Waals surface area contributed by atoms with Crippen LogP contribution in [-0.4, -0.2) is 53.6 Å². The molecule has 0 atom stereocenters. The normalized spacial score (nSPS) is 11.9. The van der Waals surface area contributed by atoms with Crippen LogP contribution in [0.1, 0.15) is 38.8 Å². The third-order valence-electron chi connectivity index (χ3n) is 5.37. The van der Waals surface area contributed by atoms with Crippen molar-refractivity contribution in [2.45, 2.75) is 52.1 Å². The number of benzene rings is 2. The number of carbonyl (C=O) groups excluding carboxylic acids is 1. The standard InChI is InChI=1S/C25H32N2O9/c1-5-33-24(34-6-2,17-19-9-13-21(14-10-19)26(29)30)23(28)25(35-7-3,36-8-4)18-20-11-15-22(16-12-20)27(31)32/h9-16H,5-8,17-18H2,1-4H3. The number of nitrogens with zero attached hydrogens (tertiary/aromatic N) is 2. The molecular weight excluding hydrogens is 472 g/mol. The number of nitro benzene ring substituents is 2. The van der Waals surface area contributed by atoms with E-state index in [0.29, 0.717) is 11.1 Å². The zero-order valence-electron chi connectivity index (χ0n) is 20.9. The predicted molar refractivity (Wildman–Crippen MR) is 131 cm³/mol. The molecule has 2 aromatic carbocycles. The first-order valence-electron chi connectivity index (χ1n) is 11.7. The topological polar surface area (TPSA) is 140 Å². The SMILES string of the molecule is CCOC(Cc1ccc([N+](=O)[O-])cc1)(OCC)C(=O)C(Cc1ccc([N+](=O)[O-])cc1)(OCC)OCC. The molecule has 11 nitrogen and oxygen atoms in total. The summed E-state index contributed by atoms with van der Waals surface area (Å²) in [6, 6.07) is 11.5. The molecule has 0 fully saturated rings. The van der Waals surface area contributed by atoms with Crippen LogP contribution in [-0.2, 0) is 36.6 Å². The van der Waals surface area contributed by atoms with Gasteiger partial charge in [0.05, 0.1) is 9.85 Å². The van der Waals surface area contributed by atoms with Gasteiger partial charge in [0.25, 0.3) is 17.2 Å². The highest BCUT2D eigenvalue weighted by molar-refractivity contribution is 5.93. The summed E-state index contributed by atoms with van der Waals surface area (Å²) >= 11 is 0. The Morgan fingerprint density at radius 3 is 1.14 bits per heavy atom. The summed E-state index contributed by atoms with van der Waals surface area (Å²) in [6.07, 6.45) is -0.0959. The van der Waals surface area contributed by atoms with Gasteiger partial charge >= 0.3 is 0 Å². The van der Waals surface area contributed by atoms with Gasteiger partial charge in [-0.25, -0.2) is 0 Å². The molecule has 0 bridgehead atoms. The van der Waals surface area contributed by atoms with E-state index in [0.717, 1.165) is 0 Å². The summed E-state index contributed by atoms with van der Waals surface area (Å²) in [6.45, 7) is 7.39. The molecule has 36 heavy (non-hydrogen) atoms. The first-order chi connectivity index (χ1) is 17.2. The summed E-state index contributed by atoms with van der Waals surface area (Å²) in [5, 5.41) is 22.1. The average Bonchev–Trinajstić information content (AvgIpc) is 2.84. The minimum atomic E-state index is -1.81. The van der Waals surface area contributed by atoms with Crippen molar-refractivity contribution in [3.63, 3.8) is 0 Å². The Labute approximate surface area is 209 Å². The minimum absolute atomic E-state index is 0.0479. The van der Waals surface area contributed by atoms with Crippen LogP contribution in [0, 0.1) is 20.2 Å². The molecular formula is C25H32N2O9. The number of non-ortho nitro benzene ring substituents is 2. The van der Waals surface area contributed by atoms with Crippen LogP contribution in [0.2, 0.25) is 0 Å². The molecule has 0 spiro atoms. The van der Waals surface area contributed by atoms with Gasteiger partial charge in [0.2, 0.25) is 11.6 Å². The second-order valence-corrected chi connectivity index (χ2v) is 7.77. The maximum Gasteiger partial charge on any atom is 0.269 e. The highest BCUT2D eigenvalue weighted by atomic mass is 16.7. The molecule has 0 amide bonds. The van der Waals surface area contributed by atoms with E-state index in [-0.39, 0.29) is 50.6 Å². The van der Waals surface area contributed by atoms with Crippen molar-refractivity contribution in [3.8, 4) is 0 Å². The van der Waals surface area contributed by atoms with Crippen LogP contribution in [0.3, 0.4) is 0 Å². The van der Waals surface area contributed by atoms with Gasteiger partial charge in [-0.3, -0.25) is 25.0 Å². The van der Waals surface area contributed by atoms with Crippen LogP contribution in [0.4, 0.5) is 11.4 Å². The van der Waals surface area contributed by atoms with Gasteiger partial charge in [-0.1, -0.05) is 24.3 Å². The van der Waals surface area contributed by atoms with Gasteiger partial charge < -0.3 is 18.9 Å². The summed E-state index contributed by atoms with van der Waals surface area (Å²) in [7, 11) is 0. The number of hydrogen-bond donors (Lipinski definition) is 0. The molecule has 2 rings (SSSR count). The van der Waals surface area contributed by atoms with Crippen molar-refractivity contribution in [1.29, 1.82) is 0 Å². The monoisotopic (exact) mass is 504 g/mol. The van der Waals surface area contributed by atoms with Gasteiger partial charge in [-0.15, -0.1) is 0 Å². The van der Waals surface area contributed by atoms with Crippen LogP contribution < -0.4 is 0 Å². The van der Waals surface area contributed by atoms with E-state index in [1.165, 1.54) is 48.5 Å². The Balaban J connectivity index is 2.55.